The highest BCUT2D eigenvalue weighted by atomic mass is 79.9. The van der Waals surface area contributed by atoms with E-state index in [-0.39, 0.29) is 5.41 Å². The van der Waals surface area contributed by atoms with Gasteiger partial charge in [-0.15, -0.1) is 0 Å². The maximum Gasteiger partial charge on any atom is 0.149 e. The van der Waals surface area contributed by atoms with Crippen molar-refractivity contribution in [3.63, 3.8) is 0 Å². The zero-order chi connectivity index (χ0) is 13.6. The number of hydrogen-bond donors (Lipinski definition) is 1. The van der Waals surface area contributed by atoms with E-state index in [0.29, 0.717) is 6.61 Å². The van der Waals surface area contributed by atoms with Gasteiger partial charge in [0.1, 0.15) is 12.4 Å². The number of halogens is 1. The van der Waals surface area contributed by atoms with Crippen LogP contribution in [-0.2, 0) is 6.54 Å². The topological polar surface area (TPSA) is 21.3 Å². The molecule has 0 aromatic heterocycles. The number of nitrogens with one attached hydrogen (secondary N) is 1. The van der Waals surface area contributed by atoms with Crippen LogP contribution in [-0.4, -0.2) is 13.7 Å². The van der Waals surface area contributed by atoms with Crippen LogP contribution >= 0.6 is 15.9 Å². The summed E-state index contributed by atoms with van der Waals surface area (Å²) in [5, 5.41) is 3.13. The van der Waals surface area contributed by atoms with Crippen molar-refractivity contribution in [3.05, 3.63) is 28.2 Å². The molecule has 0 unspecified atom stereocenters. The van der Waals surface area contributed by atoms with Crippen molar-refractivity contribution in [1.29, 1.82) is 0 Å². The molecule has 0 saturated heterocycles. The van der Waals surface area contributed by atoms with Crippen molar-refractivity contribution < 1.29 is 4.74 Å². The van der Waals surface area contributed by atoms with Gasteiger partial charge in [-0.05, 0) is 51.6 Å². The molecular formula is C15H20BrNO. The molecule has 0 aliphatic heterocycles. The van der Waals surface area contributed by atoms with Gasteiger partial charge in [0.25, 0.3) is 0 Å². The van der Waals surface area contributed by atoms with Gasteiger partial charge < -0.3 is 10.1 Å². The second kappa shape index (κ2) is 6.82. The number of benzene rings is 1. The predicted octanol–water partition coefficient (Wildman–Crippen LogP) is 3.60. The molecule has 0 saturated carbocycles. The lowest BCUT2D eigenvalue weighted by Crippen LogP contribution is -2.06. The number of rotatable bonds is 4. The van der Waals surface area contributed by atoms with Gasteiger partial charge in [0, 0.05) is 16.4 Å². The first-order chi connectivity index (χ1) is 8.42. The molecule has 0 aliphatic carbocycles. The van der Waals surface area contributed by atoms with E-state index in [1.165, 1.54) is 5.56 Å². The molecule has 1 aromatic rings. The van der Waals surface area contributed by atoms with Crippen LogP contribution in [0.15, 0.2) is 22.7 Å². The fourth-order valence-corrected chi connectivity index (χ4v) is 1.77. The van der Waals surface area contributed by atoms with Gasteiger partial charge in [0.15, 0.2) is 0 Å². The summed E-state index contributed by atoms with van der Waals surface area (Å²) in [6, 6.07) is 5.97. The maximum absolute atomic E-state index is 5.62. The molecule has 1 rings (SSSR count). The van der Waals surface area contributed by atoms with Gasteiger partial charge in [-0.25, -0.2) is 0 Å². The van der Waals surface area contributed by atoms with Crippen molar-refractivity contribution in [2.75, 3.05) is 13.7 Å². The van der Waals surface area contributed by atoms with E-state index in [2.05, 4.69) is 53.9 Å². The molecule has 0 fully saturated rings. The first-order valence-corrected chi connectivity index (χ1v) is 6.77. The summed E-state index contributed by atoms with van der Waals surface area (Å²) < 4.78 is 6.71. The van der Waals surface area contributed by atoms with Crippen LogP contribution in [0, 0.1) is 17.3 Å². The Balaban J connectivity index is 2.62. The van der Waals surface area contributed by atoms with E-state index in [1.54, 1.807) is 0 Å². The van der Waals surface area contributed by atoms with Gasteiger partial charge in [-0.1, -0.05) is 27.8 Å². The Hall–Kier alpha value is -0.980. The summed E-state index contributed by atoms with van der Waals surface area (Å²) in [7, 11) is 1.93. The lowest BCUT2D eigenvalue weighted by Gasteiger charge is -2.09. The van der Waals surface area contributed by atoms with Crippen LogP contribution in [0.3, 0.4) is 0 Å². The van der Waals surface area contributed by atoms with Crippen molar-refractivity contribution in [2.45, 2.75) is 27.3 Å². The molecule has 0 heterocycles. The highest BCUT2D eigenvalue weighted by Crippen LogP contribution is 2.22. The van der Waals surface area contributed by atoms with Crippen LogP contribution in [0.5, 0.6) is 5.75 Å². The van der Waals surface area contributed by atoms with E-state index < -0.39 is 0 Å². The minimum absolute atomic E-state index is 0.0281. The molecule has 0 bridgehead atoms. The number of hydrogen-bond acceptors (Lipinski definition) is 2. The van der Waals surface area contributed by atoms with Gasteiger partial charge in [-0.2, -0.15) is 0 Å². The second-order valence-corrected chi connectivity index (χ2v) is 5.98. The highest BCUT2D eigenvalue weighted by molar-refractivity contribution is 9.10. The Morgan fingerprint density at radius 3 is 2.67 bits per heavy atom. The molecule has 1 aromatic carbocycles. The first kappa shape index (κ1) is 15.1. The molecule has 0 atom stereocenters. The van der Waals surface area contributed by atoms with Crippen LogP contribution in [0.4, 0.5) is 0 Å². The van der Waals surface area contributed by atoms with Crippen molar-refractivity contribution in [2.24, 2.45) is 5.41 Å². The zero-order valence-electron chi connectivity index (χ0n) is 11.4. The molecule has 1 N–H and O–H groups in total. The second-order valence-electron chi connectivity index (χ2n) is 5.12. The molecule has 3 heteroatoms. The summed E-state index contributed by atoms with van der Waals surface area (Å²) in [4.78, 5) is 0. The third-order valence-electron chi connectivity index (χ3n) is 2.16. The molecule has 0 aliphatic rings. The molecule has 0 spiro atoms. The summed E-state index contributed by atoms with van der Waals surface area (Å²) >= 11 is 3.52. The average Bonchev–Trinajstić information content (AvgIpc) is 2.28. The fraction of sp³-hybridized carbons (Fsp3) is 0.467. The van der Waals surface area contributed by atoms with Gasteiger partial charge >= 0.3 is 0 Å². The van der Waals surface area contributed by atoms with Gasteiger partial charge in [0.2, 0.25) is 0 Å². The van der Waals surface area contributed by atoms with Crippen LogP contribution < -0.4 is 10.1 Å². The van der Waals surface area contributed by atoms with Crippen molar-refractivity contribution in [1.82, 2.24) is 5.32 Å². The normalized spacial score (nSPS) is 10.7. The fourth-order valence-electron chi connectivity index (χ4n) is 1.39. The highest BCUT2D eigenvalue weighted by Gasteiger charge is 2.03. The largest absolute Gasteiger partial charge is 0.481 e. The van der Waals surface area contributed by atoms with Gasteiger partial charge in [-0.3, -0.25) is 0 Å². The summed E-state index contributed by atoms with van der Waals surface area (Å²) in [6.45, 7) is 7.50. The lowest BCUT2D eigenvalue weighted by atomic mass is 9.98. The Morgan fingerprint density at radius 1 is 1.33 bits per heavy atom. The molecular weight excluding hydrogens is 290 g/mol. The van der Waals surface area contributed by atoms with Gasteiger partial charge in [0.05, 0.1) is 0 Å². The summed E-state index contributed by atoms with van der Waals surface area (Å²) in [5.41, 5.74) is 1.21. The Bertz CT molecular complexity index is 452. The minimum Gasteiger partial charge on any atom is -0.481 e. The molecule has 98 valence electrons. The van der Waals surface area contributed by atoms with E-state index in [0.717, 1.165) is 16.8 Å². The molecule has 18 heavy (non-hydrogen) atoms. The van der Waals surface area contributed by atoms with Crippen LogP contribution in [0.2, 0.25) is 0 Å². The SMILES string of the molecule is CNCc1cc(OCC#CC(C)(C)C)ccc1Br. The maximum atomic E-state index is 5.62. The zero-order valence-corrected chi connectivity index (χ0v) is 13.0. The Kier molecular flexibility index (Phi) is 5.71. The Morgan fingerprint density at radius 2 is 2.06 bits per heavy atom. The van der Waals surface area contributed by atoms with E-state index >= 15 is 0 Å². The first-order valence-electron chi connectivity index (χ1n) is 5.98. The quantitative estimate of drug-likeness (QED) is 0.858. The predicted molar refractivity (Wildman–Crippen MR) is 79.6 cm³/mol. The lowest BCUT2D eigenvalue weighted by molar-refractivity contribution is 0.369. The third-order valence-corrected chi connectivity index (χ3v) is 2.93. The Labute approximate surface area is 118 Å². The monoisotopic (exact) mass is 309 g/mol. The van der Waals surface area contributed by atoms with E-state index in [9.17, 15) is 0 Å². The smallest absolute Gasteiger partial charge is 0.149 e. The summed E-state index contributed by atoms with van der Waals surface area (Å²) in [5.74, 6) is 7.04. The van der Waals surface area contributed by atoms with Crippen LogP contribution in [0.25, 0.3) is 0 Å². The molecule has 0 amide bonds. The average molecular weight is 310 g/mol. The van der Waals surface area contributed by atoms with Crippen molar-refractivity contribution in [3.8, 4) is 17.6 Å². The minimum atomic E-state index is 0.0281. The van der Waals surface area contributed by atoms with E-state index in [4.69, 9.17) is 4.74 Å². The molecule has 0 radical (unpaired) electrons. The van der Waals surface area contributed by atoms with Crippen molar-refractivity contribution >= 4 is 15.9 Å². The molecule has 2 nitrogen and oxygen atoms in total. The van der Waals surface area contributed by atoms with Crippen LogP contribution in [0.1, 0.15) is 26.3 Å². The summed E-state index contributed by atoms with van der Waals surface area (Å²) in [6.07, 6.45) is 0. The third kappa shape index (κ3) is 5.57. The standard InChI is InChI=1S/C15H20BrNO/c1-15(2,3)8-5-9-18-13-6-7-14(16)12(10-13)11-17-4/h6-7,10,17H,9,11H2,1-4H3. The number of ether oxygens (including phenoxy) is 1. The van der Waals surface area contributed by atoms with E-state index in [1.807, 2.05) is 25.2 Å².